The Morgan fingerprint density at radius 3 is 2.00 bits per heavy atom. The predicted octanol–water partition coefficient (Wildman–Crippen LogP) is 1.45. The zero-order valence-corrected chi connectivity index (χ0v) is 15.3. The summed E-state index contributed by atoms with van der Waals surface area (Å²) in [6.07, 6.45) is -1.58. The van der Waals surface area contributed by atoms with Crippen molar-refractivity contribution in [2.45, 2.75) is 78.3 Å². The standard InChI is InChI=1S/C16H32N4O3/c1-9(2)8-11(21)18-12(22)16(17,10(3)4)14-20-19-13(23-14)15(5,6)7/h9-12,18,21-22H,8,17H2,1-7H3/t11?,12-,16-/m0/s1. The minimum absolute atomic E-state index is 0.161. The summed E-state index contributed by atoms with van der Waals surface area (Å²) in [5, 5.41) is 31.4. The fraction of sp³-hybridized carbons (Fsp3) is 0.875. The van der Waals surface area contributed by atoms with Crippen LogP contribution < -0.4 is 11.1 Å². The summed E-state index contributed by atoms with van der Waals surface area (Å²) in [5.41, 5.74) is 4.82. The van der Waals surface area contributed by atoms with Gasteiger partial charge >= 0.3 is 0 Å². The Morgan fingerprint density at radius 2 is 1.61 bits per heavy atom. The van der Waals surface area contributed by atoms with Gasteiger partial charge in [0, 0.05) is 5.41 Å². The first kappa shape index (κ1) is 20.0. The molecule has 1 aromatic rings. The van der Waals surface area contributed by atoms with E-state index in [1.165, 1.54) is 0 Å². The van der Waals surface area contributed by atoms with Crippen molar-refractivity contribution in [3.05, 3.63) is 11.8 Å². The van der Waals surface area contributed by atoms with E-state index in [1.807, 2.05) is 48.5 Å². The number of rotatable bonds is 7. The molecule has 3 atom stereocenters. The van der Waals surface area contributed by atoms with E-state index in [1.54, 1.807) is 0 Å². The highest BCUT2D eigenvalue weighted by Gasteiger charge is 2.45. The number of nitrogens with one attached hydrogen (secondary N) is 1. The molecule has 1 rings (SSSR count). The second-order valence-electron chi connectivity index (χ2n) is 7.96. The van der Waals surface area contributed by atoms with E-state index in [0.717, 1.165) is 0 Å². The molecule has 0 aliphatic heterocycles. The zero-order valence-electron chi connectivity index (χ0n) is 15.3. The number of hydrogen-bond acceptors (Lipinski definition) is 7. The van der Waals surface area contributed by atoms with Crippen molar-refractivity contribution >= 4 is 0 Å². The fourth-order valence-electron chi connectivity index (χ4n) is 2.22. The van der Waals surface area contributed by atoms with Crippen molar-refractivity contribution in [1.29, 1.82) is 0 Å². The lowest BCUT2D eigenvalue weighted by atomic mass is 9.85. The van der Waals surface area contributed by atoms with Gasteiger partial charge in [-0.1, -0.05) is 48.5 Å². The van der Waals surface area contributed by atoms with Gasteiger partial charge in [-0.15, -0.1) is 10.2 Å². The maximum atomic E-state index is 10.6. The molecule has 0 aromatic carbocycles. The van der Waals surface area contributed by atoms with Gasteiger partial charge in [-0.2, -0.15) is 0 Å². The van der Waals surface area contributed by atoms with Gasteiger partial charge in [-0.25, -0.2) is 0 Å². The molecule has 0 saturated carbocycles. The number of nitrogens with two attached hydrogens (primary N) is 1. The average Bonchev–Trinajstić information content (AvgIpc) is 2.85. The molecule has 134 valence electrons. The maximum Gasteiger partial charge on any atom is 0.240 e. The van der Waals surface area contributed by atoms with Crippen LogP contribution in [0.4, 0.5) is 0 Å². The summed E-state index contributed by atoms with van der Waals surface area (Å²) in [4.78, 5) is 0. The molecule has 1 heterocycles. The molecule has 7 heteroatoms. The largest absolute Gasteiger partial charge is 0.423 e. The molecular formula is C16H32N4O3. The molecule has 0 amide bonds. The number of aliphatic hydroxyl groups is 2. The predicted molar refractivity (Wildman–Crippen MR) is 88.3 cm³/mol. The molecule has 0 radical (unpaired) electrons. The number of aromatic nitrogens is 2. The smallest absolute Gasteiger partial charge is 0.240 e. The average molecular weight is 328 g/mol. The van der Waals surface area contributed by atoms with E-state index in [0.29, 0.717) is 12.3 Å². The first-order valence-corrected chi connectivity index (χ1v) is 8.14. The Balaban J connectivity index is 3.05. The Labute approximate surface area is 138 Å². The van der Waals surface area contributed by atoms with Crippen LogP contribution in [0.2, 0.25) is 0 Å². The van der Waals surface area contributed by atoms with Crippen molar-refractivity contribution in [1.82, 2.24) is 15.5 Å². The summed E-state index contributed by atoms with van der Waals surface area (Å²) in [6, 6.07) is 0. The van der Waals surface area contributed by atoms with Crippen LogP contribution in [0.3, 0.4) is 0 Å². The molecule has 0 aliphatic carbocycles. The van der Waals surface area contributed by atoms with Gasteiger partial charge in [0.25, 0.3) is 0 Å². The molecule has 0 fully saturated rings. The molecule has 7 nitrogen and oxygen atoms in total. The van der Waals surface area contributed by atoms with Crippen LogP contribution >= 0.6 is 0 Å². The SMILES string of the molecule is CC(C)CC(O)N[C@@H](O)[C@](N)(c1nnc(C(C)(C)C)o1)C(C)C. The third kappa shape index (κ3) is 4.73. The first-order chi connectivity index (χ1) is 10.4. The molecule has 0 bridgehead atoms. The van der Waals surface area contributed by atoms with Gasteiger partial charge in [0.2, 0.25) is 11.8 Å². The fourth-order valence-corrected chi connectivity index (χ4v) is 2.22. The number of hydrogen-bond donors (Lipinski definition) is 4. The van der Waals surface area contributed by atoms with Crippen LogP contribution in [-0.4, -0.2) is 32.9 Å². The monoisotopic (exact) mass is 328 g/mol. The van der Waals surface area contributed by atoms with Crippen LogP contribution in [0.5, 0.6) is 0 Å². The number of nitrogens with zero attached hydrogens (tertiary/aromatic N) is 2. The van der Waals surface area contributed by atoms with Crippen LogP contribution in [0.15, 0.2) is 4.42 Å². The second kappa shape index (κ2) is 7.25. The Bertz CT molecular complexity index is 496. The van der Waals surface area contributed by atoms with Crippen molar-refractivity contribution in [3.63, 3.8) is 0 Å². The Kier molecular flexibility index (Phi) is 6.32. The minimum atomic E-state index is -1.30. The normalized spacial score (nSPS) is 18.3. The minimum Gasteiger partial charge on any atom is -0.423 e. The van der Waals surface area contributed by atoms with E-state index in [4.69, 9.17) is 10.2 Å². The van der Waals surface area contributed by atoms with Gasteiger partial charge in [-0.3, -0.25) is 5.32 Å². The van der Waals surface area contributed by atoms with Crippen LogP contribution in [0, 0.1) is 11.8 Å². The second-order valence-corrected chi connectivity index (χ2v) is 7.96. The lowest BCUT2D eigenvalue weighted by Gasteiger charge is -2.36. The Morgan fingerprint density at radius 1 is 1.09 bits per heavy atom. The van der Waals surface area contributed by atoms with E-state index in [9.17, 15) is 10.2 Å². The molecule has 0 spiro atoms. The lowest BCUT2D eigenvalue weighted by molar-refractivity contribution is -0.0376. The van der Waals surface area contributed by atoms with Gasteiger partial charge in [0.1, 0.15) is 18.0 Å². The van der Waals surface area contributed by atoms with Crippen molar-refractivity contribution in [3.8, 4) is 0 Å². The van der Waals surface area contributed by atoms with E-state index < -0.39 is 18.0 Å². The highest BCUT2D eigenvalue weighted by Crippen LogP contribution is 2.31. The maximum absolute atomic E-state index is 10.6. The summed E-state index contributed by atoms with van der Waals surface area (Å²) in [7, 11) is 0. The molecule has 1 unspecified atom stereocenters. The van der Waals surface area contributed by atoms with Crippen LogP contribution in [0.25, 0.3) is 0 Å². The summed E-state index contributed by atoms with van der Waals surface area (Å²) >= 11 is 0. The molecule has 5 N–H and O–H groups in total. The molecule has 23 heavy (non-hydrogen) atoms. The van der Waals surface area contributed by atoms with Crippen molar-refractivity contribution < 1.29 is 14.6 Å². The summed E-state index contributed by atoms with van der Waals surface area (Å²) in [5.74, 6) is 0.711. The lowest BCUT2D eigenvalue weighted by Crippen LogP contribution is -2.60. The third-order valence-corrected chi connectivity index (χ3v) is 3.89. The van der Waals surface area contributed by atoms with Gasteiger partial charge < -0.3 is 20.4 Å². The Hall–Kier alpha value is -1.02. The summed E-state index contributed by atoms with van der Waals surface area (Å²) < 4.78 is 5.73. The molecule has 1 aromatic heterocycles. The van der Waals surface area contributed by atoms with Crippen LogP contribution in [-0.2, 0) is 11.0 Å². The first-order valence-electron chi connectivity index (χ1n) is 8.14. The van der Waals surface area contributed by atoms with Gasteiger partial charge in [0.05, 0.1) is 0 Å². The zero-order chi connectivity index (χ0) is 18.0. The van der Waals surface area contributed by atoms with E-state index >= 15 is 0 Å². The van der Waals surface area contributed by atoms with Crippen LogP contribution in [0.1, 0.15) is 66.7 Å². The summed E-state index contributed by atoms with van der Waals surface area (Å²) in [6.45, 7) is 13.6. The van der Waals surface area contributed by atoms with Gasteiger partial charge in [0.15, 0.2) is 0 Å². The third-order valence-electron chi connectivity index (χ3n) is 3.89. The van der Waals surface area contributed by atoms with Crippen molar-refractivity contribution in [2.24, 2.45) is 17.6 Å². The van der Waals surface area contributed by atoms with Crippen molar-refractivity contribution in [2.75, 3.05) is 0 Å². The number of aliphatic hydroxyl groups excluding tert-OH is 2. The molecular weight excluding hydrogens is 296 g/mol. The van der Waals surface area contributed by atoms with E-state index in [-0.39, 0.29) is 23.1 Å². The highest BCUT2D eigenvalue weighted by molar-refractivity contribution is 5.08. The van der Waals surface area contributed by atoms with E-state index in [2.05, 4.69) is 15.5 Å². The molecule has 0 saturated heterocycles. The highest BCUT2D eigenvalue weighted by atomic mass is 16.4. The quantitative estimate of drug-likeness (QED) is 0.560. The topological polar surface area (TPSA) is 117 Å². The van der Waals surface area contributed by atoms with Gasteiger partial charge in [-0.05, 0) is 18.3 Å². The molecule has 0 aliphatic rings.